The van der Waals surface area contributed by atoms with Gasteiger partial charge in [0.25, 0.3) is 0 Å². The maximum Gasteiger partial charge on any atom is 0.145 e. The van der Waals surface area contributed by atoms with E-state index in [9.17, 15) is 25.2 Å². The van der Waals surface area contributed by atoms with Crippen LogP contribution in [0.5, 0.6) is 0 Å². The largest absolute Gasteiger partial charge is 0.396 e. The van der Waals surface area contributed by atoms with Gasteiger partial charge in [-0.15, -0.1) is 0 Å². The fourth-order valence-electron chi connectivity index (χ4n) is 12.7. The van der Waals surface area contributed by atoms with Crippen LogP contribution in [0, 0.1) is 34.0 Å². The Kier molecular flexibility index (Phi) is 14.6. The second-order valence-electron chi connectivity index (χ2n) is 18.9. The van der Waals surface area contributed by atoms with E-state index in [-0.39, 0.29) is 36.5 Å². The number of rotatable bonds is 16. The lowest BCUT2D eigenvalue weighted by molar-refractivity contribution is -0.256. The molecule has 2 spiro atoms. The van der Waals surface area contributed by atoms with Crippen molar-refractivity contribution in [2.24, 2.45) is 34.0 Å². The molecular weight excluding hydrogens is 741 g/mol. The predicted octanol–water partition coefficient (Wildman–Crippen LogP) is 6.48. The zero-order valence-electron chi connectivity index (χ0n) is 36.4. The highest BCUT2D eigenvalue weighted by atomic mass is 16.6. The quantitative estimate of drug-likeness (QED) is 0.0364. The highest BCUT2D eigenvalue weighted by Gasteiger charge is 2.79. The molecular formula is C50H72N2O7. The average Bonchev–Trinajstić information content (AvgIpc) is 3.43. The molecule has 1 aromatic carbocycles. The predicted molar refractivity (Wildman–Crippen MR) is 234 cm³/mol. The van der Waals surface area contributed by atoms with Gasteiger partial charge in [0.15, 0.2) is 0 Å². The number of hydrogen-bond acceptors (Lipinski definition) is 9. The lowest BCUT2D eigenvalue weighted by atomic mass is 9.34. The second-order valence-corrected chi connectivity index (χ2v) is 18.9. The number of aldehydes is 1. The Morgan fingerprint density at radius 1 is 1.12 bits per heavy atom. The lowest BCUT2D eigenvalue weighted by Gasteiger charge is -2.71. The van der Waals surface area contributed by atoms with Crippen molar-refractivity contribution < 1.29 is 34.7 Å². The first-order valence-electron chi connectivity index (χ1n) is 22.1. The molecule has 6 rings (SSSR count). The van der Waals surface area contributed by atoms with Crippen molar-refractivity contribution in [3.05, 3.63) is 106 Å². The molecule has 0 amide bonds. The van der Waals surface area contributed by atoms with Gasteiger partial charge in [-0.05, 0) is 145 Å². The van der Waals surface area contributed by atoms with Crippen LogP contribution in [0.3, 0.4) is 0 Å². The van der Waals surface area contributed by atoms with E-state index in [1.165, 1.54) is 16.7 Å². The molecule has 9 atom stereocenters. The highest BCUT2D eigenvalue weighted by molar-refractivity contribution is 5.75. The molecule has 3 saturated carbocycles. The zero-order valence-corrected chi connectivity index (χ0v) is 36.4. The summed E-state index contributed by atoms with van der Waals surface area (Å²) >= 11 is 0. The van der Waals surface area contributed by atoms with E-state index in [0.29, 0.717) is 63.7 Å². The first kappa shape index (κ1) is 45.5. The van der Waals surface area contributed by atoms with Crippen LogP contribution in [-0.4, -0.2) is 97.8 Å². The van der Waals surface area contributed by atoms with E-state index in [1.54, 1.807) is 7.11 Å². The number of carbonyl (C=O) groups excluding carboxylic acids is 1. The third kappa shape index (κ3) is 8.36. The van der Waals surface area contributed by atoms with Crippen molar-refractivity contribution in [3.8, 4) is 0 Å². The third-order valence-corrected chi connectivity index (χ3v) is 15.6. The second kappa shape index (κ2) is 19.0. The Labute approximate surface area is 353 Å². The zero-order chi connectivity index (χ0) is 42.5. The molecule has 324 valence electrons. The summed E-state index contributed by atoms with van der Waals surface area (Å²) in [6.07, 6.45) is 20.2. The Morgan fingerprint density at radius 3 is 2.63 bits per heavy atom. The number of allylic oxidation sites excluding steroid dienone is 9. The summed E-state index contributed by atoms with van der Waals surface area (Å²) < 4.78 is 11.2. The maximum absolute atomic E-state index is 13.2. The van der Waals surface area contributed by atoms with Gasteiger partial charge in [-0.1, -0.05) is 78.4 Å². The Hall–Kier alpha value is -2.99. The van der Waals surface area contributed by atoms with Gasteiger partial charge in [0.05, 0.1) is 18.3 Å². The van der Waals surface area contributed by atoms with Crippen LogP contribution >= 0.6 is 0 Å². The number of ether oxygens (including phenoxy) is 2. The normalized spacial score (nSPS) is 37.6. The van der Waals surface area contributed by atoms with Crippen LogP contribution in [0.1, 0.15) is 89.7 Å². The fraction of sp³-hybridized carbons (Fsp3) is 0.620. The summed E-state index contributed by atoms with van der Waals surface area (Å²) in [4.78, 5) is 12.6. The highest BCUT2D eigenvalue weighted by Crippen LogP contribution is 2.80. The third-order valence-electron chi connectivity index (χ3n) is 15.6. The van der Waals surface area contributed by atoms with E-state index in [4.69, 9.17) is 9.47 Å². The lowest BCUT2D eigenvalue weighted by Crippen LogP contribution is -2.73. The summed E-state index contributed by atoms with van der Waals surface area (Å²) in [5, 5.41) is 53.8. The summed E-state index contributed by atoms with van der Waals surface area (Å²) in [7, 11) is 3.64. The van der Waals surface area contributed by atoms with Crippen LogP contribution in [0.15, 0.2) is 95.2 Å². The van der Waals surface area contributed by atoms with Crippen LogP contribution in [-0.2, 0) is 27.1 Å². The van der Waals surface area contributed by atoms with Crippen LogP contribution < -0.4 is 10.6 Å². The number of carbonyl (C=O) groups is 1. The van der Waals surface area contributed by atoms with Crippen molar-refractivity contribution in [1.82, 2.24) is 10.6 Å². The summed E-state index contributed by atoms with van der Waals surface area (Å²) in [6, 6.07) is 8.92. The van der Waals surface area contributed by atoms with Gasteiger partial charge in [-0.25, -0.2) is 0 Å². The first-order valence-corrected chi connectivity index (χ1v) is 22.1. The van der Waals surface area contributed by atoms with Crippen molar-refractivity contribution in [3.63, 3.8) is 0 Å². The van der Waals surface area contributed by atoms with Gasteiger partial charge >= 0.3 is 0 Å². The van der Waals surface area contributed by atoms with Gasteiger partial charge in [-0.2, -0.15) is 0 Å². The van der Waals surface area contributed by atoms with Gasteiger partial charge in [-0.3, -0.25) is 4.79 Å². The van der Waals surface area contributed by atoms with Crippen molar-refractivity contribution in [2.45, 2.75) is 109 Å². The minimum atomic E-state index is -1.24. The first-order chi connectivity index (χ1) is 28.3. The number of fused-ring (bicyclic) bond motifs is 4. The average molecular weight is 813 g/mol. The molecule has 6 bridgehead atoms. The monoisotopic (exact) mass is 813 g/mol. The number of aliphatic hydroxyl groups excluding tert-OH is 3. The Bertz CT molecular complexity index is 1830. The summed E-state index contributed by atoms with van der Waals surface area (Å²) in [6.45, 7) is 12.7. The van der Waals surface area contributed by atoms with Crippen molar-refractivity contribution in [1.29, 1.82) is 0 Å². The van der Waals surface area contributed by atoms with Crippen molar-refractivity contribution >= 4 is 6.29 Å². The van der Waals surface area contributed by atoms with Crippen LogP contribution in [0.4, 0.5) is 0 Å². The number of hydrogen-bond donors (Lipinski definition) is 6. The van der Waals surface area contributed by atoms with E-state index < -0.39 is 34.7 Å². The summed E-state index contributed by atoms with van der Waals surface area (Å²) in [5.41, 5.74) is 3.74. The van der Waals surface area contributed by atoms with Gasteiger partial charge in [0.2, 0.25) is 0 Å². The number of methoxy groups -OCH3 is 1. The molecule has 9 nitrogen and oxygen atoms in total. The SMILES string of the molecule is C=C(/C=C/C=C(/COCO)[C@]12CC[C@@]3([C@@H]1O)[C@@](O)(CCNC)C[C@@H]1C=C[C@@H](CCO)[C@@]3(CC2)C1=C(C)C=O)[C@@H]1C/C=C(\C)CN[C@@](C)(CCOC)Cc2cccc(c2)C1. The van der Waals surface area contributed by atoms with E-state index in [1.807, 2.05) is 20.0 Å². The van der Waals surface area contributed by atoms with E-state index >= 15 is 0 Å². The minimum absolute atomic E-state index is 0.0295. The molecule has 4 aliphatic carbocycles. The van der Waals surface area contributed by atoms with E-state index in [0.717, 1.165) is 55.2 Å². The molecule has 5 aliphatic rings. The minimum Gasteiger partial charge on any atom is -0.396 e. The topological polar surface area (TPSA) is 141 Å². The van der Waals surface area contributed by atoms with Gasteiger partial charge < -0.3 is 40.5 Å². The molecule has 0 unspecified atom stereocenters. The summed E-state index contributed by atoms with van der Waals surface area (Å²) in [5.74, 6) is -0.106. The molecule has 1 aromatic rings. The molecule has 1 heterocycles. The molecule has 0 aromatic heterocycles. The maximum atomic E-state index is 13.2. The Balaban J connectivity index is 1.35. The van der Waals surface area contributed by atoms with Gasteiger partial charge in [0, 0.05) is 54.6 Å². The Morgan fingerprint density at radius 2 is 1.90 bits per heavy atom. The molecule has 6 N–H and O–H groups in total. The molecule has 0 radical (unpaired) electrons. The molecule has 0 saturated heterocycles. The fourth-order valence-corrected chi connectivity index (χ4v) is 12.7. The molecule has 9 heteroatoms. The van der Waals surface area contributed by atoms with Gasteiger partial charge in [0.1, 0.15) is 13.1 Å². The molecule has 3 fully saturated rings. The standard InChI is InChI=1S/C50H72N2O7/c1-35-13-14-40(28-38-10-8-11-39(27-38)29-46(4,52-31-35)23-26-58-6)36(2)9-7-12-43(33-59-34-55)47-18-20-49-42(17-25-53)16-15-41(44(49)37(3)32-54)30-48(57,22-24-51-5)50(49,21-19-47)45(47)56/h7-13,15-16,27,32,40-42,45,51-53,55-57H,2,14,17-26,28-31,33-34H2,1,3-6H3/b9-7+,35-13+,43-12-,44-37?/t40-,41+,42+,45-,46+,47+,48-,49+,50-/m1/s1. The number of aliphatic hydroxyl groups is 4. The van der Waals surface area contributed by atoms with Crippen LogP contribution in [0.2, 0.25) is 0 Å². The van der Waals surface area contributed by atoms with Crippen molar-refractivity contribution in [2.75, 3.05) is 53.9 Å². The molecule has 59 heavy (non-hydrogen) atoms. The molecule has 1 aliphatic heterocycles. The number of nitrogens with one attached hydrogen (secondary N) is 2. The smallest absolute Gasteiger partial charge is 0.145 e. The van der Waals surface area contributed by atoms with Crippen LogP contribution in [0.25, 0.3) is 0 Å². The van der Waals surface area contributed by atoms with E-state index in [2.05, 4.69) is 85.7 Å². The number of benzene rings is 1.